The summed E-state index contributed by atoms with van der Waals surface area (Å²) in [5.41, 5.74) is 0.959. The van der Waals surface area contributed by atoms with Crippen molar-refractivity contribution in [1.29, 1.82) is 0 Å². The Kier molecular flexibility index (Phi) is 3.23. The number of rotatable bonds is 3. The van der Waals surface area contributed by atoms with E-state index in [1.54, 1.807) is 10.9 Å². The van der Waals surface area contributed by atoms with Crippen molar-refractivity contribution in [2.24, 2.45) is 0 Å². The molecule has 0 saturated heterocycles. The maximum absolute atomic E-state index is 5.76. The lowest BCUT2D eigenvalue weighted by Gasteiger charge is -2.02. The standard InChI is InChI=1S/C10H12ClN5O/c1-6(2)7-4-5-16(15-7)9-12-8(11)13-10(14-9)17-3/h4-6H,1-3H3. The highest BCUT2D eigenvalue weighted by atomic mass is 35.5. The number of ether oxygens (including phenoxy) is 1. The molecule has 0 aliphatic carbocycles. The zero-order valence-electron chi connectivity index (χ0n) is 9.75. The molecule has 0 unspecified atom stereocenters. The molecule has 2 aromatic heterocycles. The summed E-state index contributed by atoms with van der Waals surface area (Å²) < 4.78 is 6.47. The van der Waals surface area contributed by atoms with Crippen molar-refractivity contribution in [2.75, 3.05) is 7.11 Å². The highest BCUT2D eigenvalue weighted by molar-refractivity contribution is 6.28. The molecule has 2 heterocycles. The third kappa shape index (κ3) is 2.52. The Morgan fingerprint density at radius 1 is 1.29 bits per heavy atom. The molecule has 0 radical (unpaired) electrons. The molecule has 0 saturated carbocycles. The van der Waals surface area contributed by atoms with E-state index in [2.05, 4.69) is 33.9 Å². The Morgan fingerprint density at radius 3 is 2.65 bits per heavy atom. The van der Waals surface area contributed by atoms with E-state index < -0.39 is 0 Å². The molecule has 0 amide bonds. The van der Waals surface area contributed by atoms with Crippen molar-refractivity contribution in [1.82, 2.24) is 24.7 Å². The molecule has 0 aromatic carbocycles. The molecule has 0 bridgehead atoms. The first-order valence-corrected chi connectivity index (χ1v) is 5.49. The van der Waals surface area contributed by atoms with Crippen LogP contribution in [0.15, 0.2) is 12.3 Å². The SMILES string of the molecule is COc1nc(Cl)nc(-n2ccc(C(C)C)n2)n1. The molecule has 0 spiro atoms. The zero-order valence-corrected chi connectivity index (χ0v) is 10.5. The highest BCUT2D eigenvalue weighted by Gasteiger charge is 2.10. The summed E-state index contributed by atoms with van der Waals surface area (Å²) in [6.45, 7) is 4.13. The summed E-state index contributed by atoms with van der Waals surface area (Å²) in [5.74, 6) is 0.684. The molecule has 2 rings (SSSR count). The van der Waals surface area contributed by atoms with Gasteiger partial charge in [0.25, 0.3) is 5.95 Å². The van der Waals surface area contributed by atoms with E-state index in [9.17, 15) is 0 Å². The molecule has 90 valence electrons. The second-order valence-electron chi connectivity index (χ2n) is 3.73. The molecular weight excluding hydrogens is 242 g/mol. The molecule has 7 heteroatoms. The van der Waals surface area contributed by atoms with Gasteiger partial charge in [0.15, 0.2) is 0 Å². The maximum atomic E-state index is 5.76. The summed E-state index contributed by atoms with van der Waals surface area (Å²) in [6, 6.07) is 2.08. The van der Waals surface area contributed by atoms with Gasteiger partial charge >= 0.3 is 6.01 Å². The van der Waals surface area contributed by atoms with Crippen LogP contribution in [-0.2, 0) is 0 Å². The van der Waals surface area contributed by atoms with Gasteiger partial charge in [-0.25, -0.2) is 4.68 Å². The predicted molar refractivity (Wildman–Crippen MR) is 62.6 cm³/mol. The smallest absolute Gasteiger partial charge is 0.322 e. The van der Waals surface area contributed by atoms with E-state index in [0.717, 1.165) is 5.69 Å². The number of halogens is 1. The second-order valence-corrected chi connectivity index (χ2v) is 4.07. The lowest BCUT2D eigenvalue weighted by atomic mass is 10.1. The van der Waals surface area contributed by atoms with E-state index in [1.165, 1.54) is 7.11 Å². The van der Waals surface area contributed by atoms with Crippen LogP contribution in [0.25, 0.3) is 5.95 Å². The van der Waals surface area contributed by atoms with Gasteiger partial charge in [0.1, 0.15) is 0 Å². The molecule has 2 aromatic rings. The first-order chi connectivity index (χ1) is 8.10. The molecule has 0 aliphatic rings. The number of nitrogens with zero attached hydrogens (tertiary/aromatic N) is 5. The third-order valence-electron chi connectivity index (χ3n) is 2.16. The van der Waals surface area contributed by atoms with E-state index >= 15 is 0 Å². The van der Waals surface area contributed by atoms with Crippen molar-refractivity contribution in [2.45, 2.75) is 19.8 Å². The Bertz CT molecular complexity index is 525. The summed E-state index contributed by atoms with van der Waals surface area (Å²) >= 11 is 5.76. The van der Waals surface area contributed by atoms with Gasteiger partial charge in [-0.2, -0.15) is 20.1 Å². The van der Waals surface area contributed by atoms with Crippen molar-refractivity contribution >= 4 is 11.6 Å². The van der Waals surface area contributed by atoms with Gasteiger partial charge in [-0.3, -0.25) is 0 Å². The Morgan fingerprint density at radius 2 is 2.06 bits per heavy atom. The zero-order chi connectivity index (χ0) is 12.4. The van der Waals surface area contributed by atoms with Crippen LogP contribution in [-0.4, -0.2) is 31.8 Å². The van der Waals surface area contributed by atoms with Crippen LogP contribution in [0.3, 0.4) is 0 Å². The fourth-order valence-electron chi connectivity index (χ4n) is 1.27. The van der Waals surface area contributed by atoms with Crippen LogP contribution in [0, 0.1) is 0 Å². The van der Waals surface area contributed by atoms with E-state index in [4.69, 9.17) is 16.3 Å². The van der Waals surface area contributed by atoms with Gasteiger partial charge in [0.2, 0.25) is 5.28 Å². The van der Waals surface area contributed by atoms with Gasteiger partial charge in [-0.05, 0) is 23.6 Å². The predicted octanol–water partition coefficient (Wildman–Crippen LogP) is 1.84. The number of methoxy groups -OCH3 is 1. The number of hydrogen-bond donors (Lipinski definition) is 0. The van der Waals surface area contributed by atoms with Crippen molar-refractivity contribution < 1.29 is 4.74 Å². The van der Waals surface area contributed by atoms with Crippen LogP contribution in [0.4, 0.5) is 0 Å². The molecule has 0 N–H and O–H groups in total. The molecular formula is C10H12ClN5O. The average molecular weight is 254 g/mol. The van der Waals surface area contributed by atoms with Crippen LogP contribution >= 0.6 is 11.6 Å². The monoisotopic (exact) mass is 253 g/mol. The topological polar surface area (TPSA) is 65.7 Å². The summed E-state index contributed by atoms with van der Waals surface area (Å²) in [4.78, 5) is 11.9. The largest absolute Gasteiger partial charge is 0.467 e. The minimum Gasteiger partial charge on any atom is -0.467 e. The Labute approximate surface area is 104 Å². The van der Waals surface area contributed by atoms with Gasteiger partial charge in [-0.1, -0.05) is 13.8 Å². The normalized spacial score (nSPS) is 10.9. The maximum Gasteiger partial charge on any atom is 0.322 e. The summed E-state index contributed by atoms with van der Waals surface area (Å²) in [7, 11) is 1.47. The minimum absolute atomic E-state index is 0.0773. The molecule has 0 atom stereocenters. The van der Waals surface area contributed by atoms with Crippen LogP contribution in [0.1, 0.15) is 25.5 Å². The average Bonchev–Trinajstić information content (AvgIpc) is 2.77. The number of hydrogen-bond acceptors (Lipinski definition) is 5. The lowest BCUT2D eigenvalue weighted by molar-refractivity contribution is 0.376. The van der Waals surface area contributed by atoms with Gasteiger partial charge in [-0.15, -0.1) is 0 Å². The molecule has 6 nitrogen and oxygen atoms in total. The fraction of sp³-hybridized carbons (Fsp3) is 0.400. The first kappa shape index (κ1) is 11.8. The van der Waals surface area contributed by atoms with Crippen LogP contribution in [0.2, 0.25) is 5.28 Å². The first-order valence-electron chi connectivity index (χ1n) is 5.11. The van der Waals surface area contributed by atoms with E-state index in [1.807, 2.05) is 6.07 Å². The van der Waals surface area contributed by atoms with Crippen LogP contribution < -0.4 is 4.74 Å². The molecule has 17 heavy (non-hydrogen) atoms. The second kappa shape index (κ2) is 4.67. The summed E-state index contributed by atoms with van der Waals surface area (Å²) in [6.07, 6.45) is 1.78. The van der Waals surface area contributed by atoms with Gasteiger partial charge in [0, 0.05) is 6.20 Å². The Balaban J connectivity index is 2.41. The van der Waals surface area contributed by atoms with Crippen molar-refractivity contribution in [3.63, 3.8) is 0 Å². The quantitative estimate of drug-likeness (QED) is 0.835. The third-order valence-corrected chi connectivity index (χ3v) is 2.33. The molecule has 0 fully saturated rings. The van der Waals surface area contributed by atoms with Crippen molar-refractivity contribution in [3.05, 3.63) is 23.2 Å². The van der Waals surface area contributed by atoms with Crippen molar-refractivity contribution in [3.8, 4) is 12.0 Å². The lowest BCUT2D eigenvalue weighted by Crippen LogP contribution is -2.06. The number of aromatic nitrogens is 5. The molecule has 0 aliphatic heterocycles. The van der Waals surface area contributed by atoms with Crippen LogP contribution in [0.5, 0.6) is 6.01 Å². The van der Waals surface area contributed by atoms with E-state index in [-0.39, 0.29) is 11.3 Å². The minimum atomic E-state index is 0.0773. The highest BCUT2D eigenvalue weighted by Crippen LogP contribution is 2.14. The summed E-state index contributed by atoms with van der Waals surface area (Å²) in [5, 5.41) is 4.42. The Hall–Kier alpha value is -1.69. The van der Waals surface area contributed by atoms with Gasteiger partial charge < -0.3 is 4.74 Å². The fourth-order valence-corrected chi connectivity index (χ4v) is 1.42. The van der Waals surface area contributed by atoms with E-state index in [0.29, 0.717) is 11.9 Å². The van der Waals surface area contributed by atoms with Gasteiger partial charge in [0.05, 0.1) is 12.8 Å².